The van der Waals surface area contributed by atoms with E-state index in [1.807, 2.05) is 42.5 Å². The molecule has 0 bridgehead atoms. The summed E-state index contributed by atoms with van der Waals surface area (Å²) in [5.41, 5.74) is 3.04. The molecule has 0 spiro atoms. The number of hydrogen-bond donors (Lipinski definition) is 3. The first-order valence-electron chi connectivity index (χ1n) is 6.78. The van der Waals surface area contributed by atoms with E-state index >= 15 is 0 Å². The fourth-order valence-electron chi connectivity index (χ4n) is 2.38. The maximum Gasteiger partial charge on any atom is 0.257 e. The van der Waals surface area contributed by atoms with Gasteiger partial charge in [-0.25, -0.2) is 0 Å². The van der Waals surface area contributed by atoms with Crippen molar-refractivity contribution in [2.24, 2.45) is 0 Å². The summed E-state index contributed by atoms with van der Waals surface area (Å²) in [6.45, 7) is 0. The Morgan fingerprint density at radius 2 is 2.09 bits per heavy atom. The normalized spacial score (nSPS) is 14.9. The van der Waals surface area contributed by atoms with Gasteiger partial charge in [-0.1, -0.05) is 18.2 Å². The Hall–Kier alpha value is -3.28. The van der Waals surface area contributed by atoms with Gasteiger partial charge in [0.2, 0.25) is 0 Å². The highest BCUT2D eigenvalue weighted by Gasteiger charge is 2.23. The summed E-state index contributed by atoms with van der Waals surface area (Å²) < 4.78 is 5.30. The maximum absolute atomic E-state index is 12.0. The molecule has 1 aliphatic heterocycles. The van der Waals surface area contributed by atoms with Crippen molar-refractivity contribution >= 4 is 23.0 Å². The van der Waals surface area contributed by atoms with Crippen molar-refractivity contribution in [3.8, 4) is 11.5 Å². The Labute approximate surface area is 125 Å². The highest BCUT2D eigenvalue weighted by molar-refractivity contribution is 6.31. The largest absolute Gasteiger partial charge is 0.463 e. The van der Waals surface area contributed by atoms with Crippen molar-refractivity contribution < 1.29 is 9.21 Å². The number of aromatic nitrogens is 2. The summed E-state index contributed by atoms with van der Waals surface area (Å²) in [4.78, 5) is 12.0. The van der Waals surface area contributed by atoms with E-state index in [2.05, 4.69) is 20.8 Å². The topological polar surface area (TPSA) is 83.0 Å². The molecular weight excluding hydrogens is 280 g/mol. The molecule has 1 amide bonds. The van der Waals surface area contributed by atoms with Crippen LogP contribution in [-0.4, -0.2) is 16.1 Å². The zero-order valence-corrected chi connectivity index (χ0v) is 11.5. The minimum Gasteiger partial charge on any atom is -0.463 e. The average molecular weight is 292 g/mol. The first-order valence-corrected chi connectivity index (χ1v) is 6.78. The summed E-state index contributed by atoms with van der Waals surface area (Å²) >= 11 is 0. The molecule has 0 atom stereocenters. The molecule has 2 aromatic heterocycles. The first-order chi connectivity index (χ1) is 10.8. The third-order valence-corrected chi connectivity index (χ3v) is 3.44. The summed E-state index contributed by atoms with van der Waals surface area (Å²) in [6, 6.07) is 13.0. The monoisotopic (exact) mass is 292 g/mol. The maximum atomic E-state index is 12.0. The van der Waals surface area contributed by atoms with Gasteiger partial charge in [0, 0.05) is 23.5 Å². The highest BCUT2D eigenvalue weighted by atomic mass is 16.3. The van der Waals surface area contributed by atoms with Crippen molar-refractivity contribution in [2.75, 3.05) is 10.6 Å². The fraction of sp³-hybridized carbons (Fsp3) is 0. The van der Waals surface area contributed by atoms with Gasteiger partial charge in [0.05, 0.1) is 11.8 Å². The second-order valence-electron chi connectivity index (χ2n) is 4.85. The molecule has 0 aliphatic carbocycles. The molecule has 6 nitrogen and oxygen atoms in total. The fourth-order valence-corrected chi connectivity index (χ4v) is 2.38. The lowest BCUT2D eigenvalue weighted by molar-refractivity contribution is -0.110. The number of para-hydroxylation sites is 1. The SMILES string of the molecule is O=C1Nc2ccccc2/C1=C\Nc1cc(-c2ccco2)[nH]n1. The van der Waals surface area contributed by atoms with Gasteiger partial charge in [-0.15, -0.1) is 0 Å². The van der Waals surface area contributed by atoms with Crippen molar-refractivity contribution in [1.82, 2.24) is 10.2 Å². The van der Waals surface area contributed by atoms with Crippen LogP contribution in [0.15, 0.2) is 59.3 Å². The van der Waals surface area contributed by atoms with E-state index in [1.165, 1.54) is 0 Å². The second-order valence-corrected chi connectivity index (χ2v) is 4.85. The van der Waals surface area contributed by atoms with Gasteiger partial charge in [0.1, 0.15) is 5.69 Å². The number of aromatic amines is 1. The van der Waals surface area contributed by atoms with Gasteiger partial charge >= 0.3 is 0 Å². The predicted molar refractivity (Wildman–Crippen MR) is 83.0 cm³/mol. The number of benzene rings is 1. The molecule has 108 valence electrons. The smallest absolute Gasteiger partial charge is 0.257 e. The van der Waals surface area contributed by atoms with E-state index in [0.717, 1.165) is 16.9 Å². The molecule has 3 heterocycles. The molecule has 6 heteroatoms. The van der Waals surface area contributed by atoms with Crippen LogP contribution in [0.1, 0.15) is 5.56 Å². The molecular formula is C16H12N4O2. The number of hydrogen-bond acceptors (Lipinski definition) is 4. The van der Waals surface area contributed by atoms with Crippen molar-refractivity contribution in [1.29, 1.82) is 0 Å². The molecule has 1 aromatic carbocycles. The molecule has 0 saturated carbocycles. The van der Waals surface area contributed by atoms with Crippen LogP contribution in [-0.2, 0) is 4.79 Å². The molecule has 3 aromatic rings. The highest BCUT2D eigenvalue weighted by Crippen LogP contribution is 2.31. The predicted octanol–water partition coefficient (Wildman–Crippen LogP) is 3.07. The summed E-state index contributed by atoms with van der Waals surface area (Å²) in [6.07, 6.45) is 3.26. The molecule has 1 aliphatic rings. The van der Waals surface area contributed by atoms with Crippen LogP contribution in [0.4, 0.5) is 11.5 Å². The van der Waals surface area contributed by atoms with Crippen LogP contribution in [0.3, 0.4) is 0 Å². The number of rotatable bonds is 3. The van der Waals surface area contributed by atoms with E-state index in [1.54, 1.807) is 12.5 Å². The third kappa shape index (κ3) is 2.07. The van der Waals surface area contributed by atoms with Crippen LogP contribution < -0.4 is 10.6 Å². The van der Waals surface area contributed by atoms with Crippen molar-refractivity contribution in [3.05, 3.63) is 60.5 Å². The van der Waals surface area contributed by atoms with Crippen LogP contribution in [0, 0.1) is 0 Å². The van der Waals surface area contributed by atoms with E-state index in [4.69, 9.17) is 4.42 Å². The molecule has 0 unspecified atom stereocenters. The number of amides is 1. The number of H-pyrrole nitrogens is 1. The van der Waals surface area contributed by atoms with E-state index in [9.17, 15) is 4.79 Å². The molecule has 3 N–H and O–H groups in total. The molecule has 0 saturated heterocycles. The van der Waals surface area contributed by atoms with Gasteiger partial charge in [-0.05, 0) is 18.2 Å². The zero-order valence-electron chi connectivity index (χ0n) is 11.5. The first kappa shape index (κ1) is 12.5. The second kappa shape index (κ2) is 4.92. The standard InChI is InChI=1S/C16H12N4O2/c21-16-11(10-4-1-2-5-12(10)18-16)9-17-15-8-13(19-20-15)14-6-3-7-22-14/h1-9H,(H,18,21)(H2,17,19,20)/b11-9+. The van der Waals surface area contributed by atoms with Crippen molar-refractivity contribution in [2.45, 2.75) is 0 Å². The van der Waals surface area contributed by atoms with Gasteiger partial charge < -0.3 is 15.1 Å². The minimum absolute atomic E-state index is 0.129. The molecule has 0 radical (unpaired) electrons. The van der Waals surface area contributed by atoms with Gasteiger partial charge in [0.25, 0.3) is 5.91 Å². The Morgan fingerprint density at radius 1 is 1.18 bits per heavy atom. The number of carbonyl (C=O) groups is 1. The minimum atomic E-state index is -0.129. The number of fused-ring (bicyclic) bond motifs is 1. The van der Waals surface area contributed by atoms with Crippen LogP contribution in [0.2, 0.25) is 0 Å². The van der Waals surface area contributed by atoms with Crippen LogP contribution in [0.25, 0.3) is 17.0 Å². The van der Waals surface area contributed by atoms with E-state index < -0.39 is 0 Å². The van der Waals surface area contributed by atoms with Crippen molar-refractivity contribution in [3.63, 3.8) is 0 Å². The molecule has 22 heavy (non-hydrogen) atoms. The summed E-state index contributed by atoms with van der Waals surface area (Å²) in [7, 11) is 0. The van der Waals surface area contributed by atoms with Gasteiger partial charge in [-0.2, -0.15) is 5.10 Å². The van der Waals surface area contributed by atoms with E-state index in [-0.39, 0.29) is 5.91 Å². The molecule has 4 rings (SSSR count). The summed E-state index contributed by atoms with van der Waals surface area (Å²) in [5, 5.41) is 12.9. The van der Waals surface area contributed by atoms with Gasteiger partial charge in [0.15, 0.2) is 11.6 Å². The third-order valence-electron chi connectivity index (χ3n) is 3.44. The Balaban J connectivity index is 1.59. The van der Waals surface area contributed by atoms with E-state index in [0.29, 0.717) is 17.2 Å². The Bertz CT molecular complexity index is 862. The lowest BCUT2D eigenvalue weighted by Crippen LogP contribution is -2.05. The quantitative estimate of drug-likeness (QED) is 0.648. The number of furan rings is 1. The number of nitrogens with zero attached hydrogens (tertiary/aromatic N) is 1. The summed E-state index contributed by atoms with van der Waals surface area (Å²) in [5.74, 6) is 1.18. The van der Waals surface area contributed by atoms with Crippen LogP contribution >= 0.6 is 0 Å². The molecule has 0 fully saturated rings. The number of anilines is 2. The van der Waals surface area contributed by atoms with Crippen LogP contribution in [0.5, 0.6) is 0 Å². The zero-order chi connectivity index (χ0) is 14.9. The van der Waals surface area contributed by atoms with Gasteiger partial charge in [-0.3, -0.25) is 9.89 Å². The lowest BCUT2D eigenvalue weighted by Gasteiger charge is -1.98. The lowest BCUT2D eigenvalue weighted by atomic mass is 10.1. The Morgan fingerprint density at radius 3 is 2.95 bits per heavy atom. The average Bonchev–Trinajstić information content (AvgIpc) is 3.24. The number of nitrogens with one attached hydrogen (secondary N) is 3. The Kier molecular flexibility index (Phi) is 2.79. The number of carbonyl (C=O) groups excluding carboxylic acids is 1.